The van der Waals surface area contributed by atoms with E-state index in [9.17, 15) is 9.59 Å². The lowest BCUT2D eigenvalue weighted by atomic mass is 10.1. The highest BCUT2D eigenvalue weighted by Crippen LogP contribution is 2.31. The lowest BCUT2D eigenvalue weighted by Gasteiger charge is -2.13. The first-order valence-corrected chi connectivity index (χ1v) is 10.2. The molecule has 32 heavy (non-hydrogen) atoms. The minimum atomic E-state index is -0.274. The van der Waals surface area contributed by atoms with Crippen LogP contribution in [0.15, 0.2) is 53.3 Å². The van der Waals surface area contributed by atoms with Crippen molar-refractivity contribution in [1.82, 2.24) is 15.1 Å². The van der Waals surface area contributed by atoms with Crippen LogP contribution in [-0.4, -0.2) is 43.1 Å². The van der Waals surface area contributed by atoms with E-state index in [1.165, 1.54) is 10.7 Å². The maximum absolute atomic E-state index is 12.2. The fourth-order valence-corrected chi connectivity index (χ4v) is 3.14. The summed E-state index contributed by atoms with van der Waals surface area (Å²) < 4.78 is 17.6. The number of methoxy groups -OCH3 is 2. The molecular weight excluding hydrogens is 410 g/mol. The van der Waals surface area contributed by atoms with E-state index in [4.69, 9.17) is 14.2 Å². The van der Waals surface area contributed by atoms with E-state index < -0.39 is 0 Å². The van der Waals surface area contributed by atoms with Gasteiger partial charge in [0.2, 0.25) is 0 Å². The van der Waals surface area contributed by atoms with E-state index in [1.54, 1.807) is 38.5 Å². The van der Waals surface area contributed by atoms with Crippen molar-refractivity contribution in [1.29, 1.82) is 0 Å². The first-order chi connectivity index (χ1) is 15.4. The Morgan fingerprint density at radius 2 is 1.84 bits per heavy atom. The van der Waals surface area contributed by atoms with E-state index in [-0.39, 0.29) is 31.2 Å². The van der Waals surface area contributed by atoms with Crippen LogP contribution >= 0.6 is 0 Å². The maximum atomic E-state index is 12.2. The van der Waals surface area contributed by atoms with Crippen molar-refractivity contribution < 1.29 is 19.0 Å². The molecule has 1 aromatic heterocycles. The van der Waals surface area contributed by atoms with Crippen molar-refractivity contribution in [3.8, 4) is 28.5 Å². The Kier molecular flexibility index (Phi) is 7.49. The summed E-state index contributed by atoms with van der Waals surface area (Å²) >= 11 is 0. The fourth-order valence-electron chi connectivity index (χ4n) is 3.14. The zero-order chi connectivity index (χ0) is 23.1. The van der Waals surface area contributed by atoms with Crippen LogP contribution in [0, 0.1) is 13.8 Å². The number of ether oxygens (including phenoxy) is 3. The maximum Gasteiger partial charge on any atom is 0.266 e. The second-order valence-corrected chi connectivity index (χ2v) is 7.18. The summed E-state index contributed by atoms with van der Waals surface area (Å²) in [5.74, 6) is 1.67. The van der Waals surface area contributed by atoms with Crippen LogP contribution in [-0.2, 0) is 11.3 Å². The summed E-state index contributed by atoms with van der Waals surface area (Å²) in [4.78, 5) is 24.4. The molecule has 1 N–H and O–H groups in total. The SMILES string of the molecule is COc1ccc(OC)c(-c2ccc(=O)n(CCNC(=O)COc3cccc(C)c3C)n2)c1. The van der Waals surface area contributed by atoms with Gasteiger partial charge < -0.3 is 19.5 Å². The van der Waals surface area contributed by atoms with Gasteiger partial charge in [-0.25, -0.2) is 4.68 Å². The summed E-state index contributed by atoms with van der Waals surface area (Å²) in [6.45, 7) is 4.29. The van der Waals surface area contributed by atoms with Crippen LogP contribution in [0.2, 0.25) is 0 Å². The van der Waals surface area contributed by atoms with Crippen molar-refractivity contribution >= 4 is 5.91 Å². The van der Waals surface area contributed by atoms with Crippen LogP contribution in [0.5, 0.6) is 17.2 Å². The predicted octanol–water partition coefficient (Wildman–Crippen LogP) is 2.74. The lowest BCUT2D eigenvalue weighted by molar-refractivity contribution is -0.123. The monoisotopic (exact) mass is 437 g/mol. The van der Waals surface area contributed by atoms with Crippen LogP contribution in [0.25, 0.3) is 11.3 Å². The molecular formula is C24H27N3O5. The van der Waals surface area contributed by atoms with Gasteiger partial charge in [-0.3, -0.25) is 9.59 Å². The molecule has 1 amide bonds. The Morgan fingerprint density at radius 1 is 1.03 bits per heavy atom. The smallest absolute Gasteiger partial charge is 0.266 e. The Bertz CT molecular complexity index is 1160. The molecule has 0 saturated carbocycles. The van der Waals surface area contributed by atoms with E-state index in [1.807, 2.05) is 32.0 Å². The fraction of sp³-hybridized carbons (Fsp3) is 0.292. The topological polar surface area (TPSA) is 91.7 Å². The average molecular weight is 437 g/mol. The van der Waals surface area contributed by atoms with Crippen molar-refractivity contribution in [2.45, 2.75) is 20.4 Å². The molecule has 3 rings (SSSR count). The molecule has 168 valence electrons. The van der Waals surface area contributed by atoms with Gasteiger partial charge in [-0.15, -0.1) is 0 Å². The predicted molar refractivity (Wildman–Crippen MR) is 121 cm³/mol. The number of hydrogen-bond acceptors (Lipinski definition) is 6. The van der Waals surface area contributed by atoms with Crippen LogP contribution in [0.4, 0.5) is 0 Å². The molecule has 0 fully saturated rings. The van der Waals surface area contributed by atoms with E-state index in [0.717, 1.165) is 11.1 Å². The molecule has 0 bridgehead atoms. The number of amides is 1. The molecule has 3 aromatic rings. The third-order valence-electron chi connectivity index (χ3n) is 5.11. The van der Waals surface area contributed by atoms with Crippen LogP contribution < -0.4 is 25.1 Å². The van der Waals surface area contributed by atoms with Crippen LogP contribution in [0.1, 0.15) is 11.1 Å². The molecule has 2 aromatic carbocycles. The van der Waals surface area contributed by atoms with Crippen LogP contribution in [0.3, 0.4) is 0 Å². The molecule has 0 aliphatic rings. The summed E-state index contributed by atoms with van der Waals surface area (Å²) in [6.07, 6.45) is 0. The second-order valence-electron chi connectivity index (χ2n) is 7.18. The highest BCUT2D eigenvalue weighted by atomic mass is 16.5. The molecule has 1 heterocycles. The Labute approximate surface area is 186 Å². The van der Waals surface area contributed by atoms with Crippen molar-refractivity contribution in [2.75, 3.05) is 27.4 Å². The van der Waals surface area contributed by atoms with Gasteiger partial charge in [-0.1, -0.05) is 12.1 Å². The molecule has 8 heteroatoms. The number of rotatable bonds is 9. The Balaban J connectivity index is 1.63. The quantitative estimate of drug-likeness (QED) is 0.554. The highest BCUT2D eigenvalue weighted by molar-refractivity contribution is 5.77. The lowest BCUT2D eigenvalue weighted by Crippen LogP contribution is -2.34. The number of hydrogen-bond donors (Lipinski definition) is 1. The normalized spacial score (nSPS) is 10.5. The van der Waals surface area contributed by atoms with Gasteiger partial charge in [-0.2, -0.15) is 5.10 Å². The first kappa shape index (κ1) is 22.9. The summed E-state index contributed by atoms with van der Waals surface area (Å²) in [5.41, 5.74) is 3.09. The molecule has 0 unspecified atom stereocenters. The summed E-state index contributed by atoms with van der Waals surface area (Å²) in [5, 5.41) is 7.18. The van der Waals surface area contributed by atoms with Gasteiger partial charge in [0.15, 0.2) is 6.61 Å². The minimum absolute atomic E-state index is 0.104. The first-order valence-electron chi connectivity index (χ1n) is 10.2. The van der Waals surface area contributed by atoms with E-state index >= 15 is 0 Å². The number of nitrogens with one attached hydrogen (secondary N) is 1. The molecule has 0 aliphatic heterocycles. The van der Waals surface area contributed by atoms with Gasteiger partial charge in [0.25, 0.3) is 11.5 Å². The third-order valence-corrected chi connectivity index (χ3v) is 5.11. The molecule has 0 radical (unpaired) electrons. The van der Waals surface area contributed by atoms with Crippen molar-refractivity contribution in [3.05, 3.63) is 70.0 Å². The van der Waals surface area contributed by atoms with Gasteiger partial charge in [-0.05, 0) is 55.3 Å². The number of aryl methyl sites for hydroxylation is 1. The number of aromatic nitrogens is 2. The number of carbonyl (C=O) groups is 1. The van der Waals surface area contributed by atoms with Gasteiger partial charge in [0.05, 0.1) is 26.5 Å². The van der Waals surface area contributed by atoms with E-state index in [2.05, 4.69) is 10.4 Å². The molecule has 0 spiro atoms. The Morgan fingerprint density at radius 3 is 2.59 bits per heavy atom. The largest absolute Gasteiger partial charge is 0.497 e. The van der Waals surface area contributed by atoms with Crippen molar-refractivity contribution in [2.24, 2.45) is 0 Å². The average Bonchev–Trinajstić information content (AvgIpc) is 2.80. The summed E-state index contributed by atoms with van der Waals surface area (Å²) in [7, 11) is 3.14. The minimum Gasteiger partial charge on any atom is -0.497 e. The van der Waals surface area contributed by atoms with Gasteiger partial charge in [0, 0.05) is 18.2 Å². The van der Waals surface area contributed by atoms with Gasteiger partial charge >= 0.3 is 0 Å². The molecule has 0 saturated heterocycles. The molecule has 8 nitrogen and oxygen atoms in total. The second kappa shape index (κ2) is 10.5. The number of carbonyl (C=O) groups excluding carboxylic acids is 1. The summed E-state index contributed by atoms with van der Waals surface area (Å²) in [6, 6.07) is 14.1. The third kappa shape index (κ3) is 5.46. The molecule has 0 aliphatic carbocycles. The van der Waals surface area contributed by atoms with E-state index in [0.29, 0.717) is 28.5 Å². The standard InChI is InChI=1S/C24H27N3O5/c1-16-6-5-7-21(17(16)2)32-15-23(28)25-12-13-27-24(29)11-9-20(26-27)19-14-18(30-3)8-10-22(19)31-4/h5-11,14H,12-13,15H2,1-4H3,(H,25,28). The number of benzene rings is 2. The highest BCUT2D eigenvalue weighted by Gasteiger charge is 2.11. The zero-order valence-corrected chi connectivity index (χ0v) is 18.7. The van der Waals surface area contributed by atoms with Crippen molar-refractivity contribution in [3.63, 3.8) is 0 Å². The molecule has 0 atom stereocenters. The van der Waals surface area contributed by atoms with Gasteiger partial charge in [0.1, 0.15) is 17.2 Å². The number of nitrogens with zero attached hydrogens (tertiary/aromatic N) is 2. The Hall–Kier alpha value is -3.81. The zero-order valence-electron chi connectivity index (χ0n) is 18.7.